The fourth-order valence-electron chi connectivity index (χ4n) is 6.18. The standard InChI is InChI=1S/C17H26ClN3/c1-3-21-15(14(18)10-20-21)16(19-2)17-7-11-4-12(8-17)6-13(5-11)9-17/h10-13,16,19H,3-9H2,1-2H3. The van der Waals surface area contributed by atoms with Crippen LogP contribution in [-0.2, 0) is 6.54 Å². The van der Waals surface area contributed by atoms with Gasteiger partial charge in [-0.3, -0.25) is 4.68 Å². The van der Waals surface area contributed by atoms with E-state index in [2.05, 4.69) is 29.1 Å². The van der Waals surface area contributed by atoms with Crippen molar-refractivity contribution in [2.24, 2.45) is 23.2 Å². The first-order valence-electron chi connectivity index (χ1n) is 8.53. The quantitative estimate of drug-likeness (QED) is 0.910. The van der Waals surface area contributed by atoms with Crippen molar-refractivity contribution < 1.29 is 0 Å². The predicted octanol–water partition coefficient (Wildman–Crippen LogP) is 4.03. The summed E-state index contributed by atoms with van der Waals surface area (Å²) in [6.07, 6.45) is 10.4. The number of hydrogen-bond acceptors (Lipinski definition) is 2. The number of nitrogens with one attached hydrogen (secondary N) is 1. The van der Waals surface area contributed by atoms with Gasteiger partial charge in [0, 0.05) is 6.54 Å². The van der Waals surface area contributed by atoms with Crippen molar-refractivity contribution in [3.63, 3.8) is 0 Å². The van der Waals surface area contributed by atoms with E-state index in [0.717, 1.165) is 29.3 Å². The molecule has 4 aliphatic rings. The Kier molecular flexibility index (Phi) is 3.34. The van der Waals surface area contributed by atoms with Gasteiger partial charge in [-0.05, 0) is 75.7 Å². The first kappa shape index (κ1) is 14.1. The summed E-state index contributed by atoms with van der Waals surface area (Å²) in [5.74, 6) is 2.89. The Morgan fingerprint density at radius 3 is 2.33 bits per heavy atom. The van der Waals surface area contributed by atoms with Gasteiger partial charge in [0.15, 0.2) is 0 Å². The fourth-order valence-corrected chi connectivity index (χ4v) is 6.43. The van der Waals surface area contributed by atoms with Gasteiger partial charge in [0.2, 0.25) is 0 Å². The molecule has 1 atom stereocenters. The lowest BCUT2D eigenvalue weighted by atomic mass is 9.47. The summed E-state index contributed by atoms with van der Waals surface area (Å²) in [4.78, 5) is 0. The highest BCUT2D eigenvalue weighted by molar-refractivity contribution is 6.31. The van der Waals surface area contributed by atoms with E-state index in [-0.39, 0.29) is 0 Å². The second kappa shape index (κ2) is 4.99. The van der Waals surface area contributed by atoms with Crippen LogP contribution in [0, 0.1) is 23.2 Å². The smallest absolute Gasteiger partial charge is 0.0834 e. The summed E-state index contributed by atoms with van der Waals surface area (Å²) in [6.45, 7) is 3.05. The van der Waals surface area contributed by atoms with Crippen LogP contribution in [0.15, 0.2) is 6.20 Å². The maximum atomic E-state index is 6.51. The van der Waals surface area contributed by atoms with E-state index in [1.807, 2.05) is 6.20 Å². The number of aryl methyl sites for hydroxylation is 1. The van der Waals surface area contributed by atoms with Crippen molar-refractivity contribution in [3.05, 3.63) is 16.9 Å². The number of halogens is 1. The van der Waals surface area contributed by atoms with Gasteiger partial charge < -0.3 is 5.32 Å². The average molecular weight is 308 g/mol. The summed E-state index contributed by atoms with van der Waals surface area (Å²) >= 11 is 6.51. The van der Waals surface area contributed by atoms with E-state index in [1.165, 1.54) is 44.2 Å². The highest BCUT2D eigenvalue weighted by atomic mass is 35.5. The van der Waals surface area contributed by atoms with E-state index in [1.54, 1.807) is 0 Å². The van der Waals surface area contributed by atoms with Crippen molar-refractivity contribution in [1.82, 2.24) is 15.1 Å². The van der Waals surface area contributed by atoms with Crippen molar-refractivity contribution in [1.29, 1.82) is 0 Å². The van der Waals surface area contributed by atoms with Crippen LogP contribution < -0.4 is 5.32 Å². The number of hydrogen-bond donors (Lipinski definition) is 1. The van der Waals surface area contributed by atoms with E-state index in [9.17, 15) is 0 Å². The topological polar surface area (TPSA) is 29.9 Å². The maximum absolute atomic E-state index is 6.51. The lowest BCUT2D eigenvalue weighted by Gasteiger charge is -2.59. The summed E-state index contributed by atoms with van der Waals surface area (Å²) in [6, 6.07) is 0.362. The van der Waals surface area contributed by atoms with Crippen LogP contribution in [0.1, 0.15) is 57.2 Å². The Balaban J connectivity index is 1.74. The largest absolute Gasteiger partial charge is 0.311 e. The first-order valence-corrected chi connectivity index (χ1v) is 8.91. The zero-order chi connectivity index (χ0) is 14.6. The van der Waals surface area contributed by atoms with Gasteiger partial charge in [-0.25, -0.2) is 0 Å². The molecule has 4 saturated carbocycles. The molecule has 0 aromatic carbocycles. The van der Waals surface area contributed by atoms with Gasteiger partial charge in [0.25, 0.3) is 0 Å². The number of rotatable bonds is 4. The molecule has 1 unspecified atom stereocenters. The third-order valence-electron chi connectivity index (χ3n) is 6.39. The molecule has 3 nitrogen and oxygen atoms in total. The van der Waals surface area contributed by atoms with E-state index in [4.69, 9.17) is 11.6 Å². The molecule has 0 aliphatic heterocycles. The van der Waals surface area contributed by atoms with Gasteiger partial charge in [0.05, 0.1) is 23.0 Å². The van der Waals surface area contributed by atoms with Gasteiger partial charge in [-0.1, -0.05) is 11.6 Å². The molecule has 4 bridgehead atoms. The highest BCUT2D eigenvalue weighted by Crippen LogP contribution is 2.64. The van der Waals surface area contributed by atoms with Crippen LogP contribution in [0.3, 0.4) is 0 Å². The molecular formula is C17H26ClN3. The van der Waals surface area contributed by atoms with E-state index >= 15 is 0 Å². The lowest BCUT2D eigenvalue weighted by molar-refractivity contribution is -0.0750. The van der Waals surface area contributed by atoms with Gasteiger partial charge in [-0.15, -0.1) is 0 Å². The van der Waals surface area contributed by atoms with Crippen molar-refractivity contribution in [2.75, 3.05) is 7.05 Å². The second-order valence-corrected chi connectivity index (χ2v) is 8.10. The van der Waals surface area contributed by atoms with Gasteiger partial charge >= 0.3 is 0 Å². The Bertz CT molecular complexity index is 501. The minimum absolute atomic E-state index is 0.362. The van der Waals surface area contributed by atoms with Crippen LogP contribution >= 0.6 is 11.6 Å². The van der Waals surface area contributed by atoms with Crippen LogP contribution in [0.2, 0.25) is 5.02 Å². The zero-order valence-electron chi connectivity index (χ0n) is 13.1. The minimum atomic E-state index is 0.362. The van der Waals surface area contributed by atoms with Crippen LogP contribution in [0.4, 0.5) is 0 Å². The van der Waals surface area contributed by atoms with Crippen LogP contribution in [0.5, 0.6) is 0 Å². The van der Waals surface area contributed by atoms with Crippen molar-refractivity contribution >= 4 is 11.6 Å². The van der Waals surface area contributed by atoms with Crippen LogP contribution in [0.25, 0.3) is 0 Å². The van der Waals surface area contributed by atoms with Gasteiger partial charge in [-0.2, -0.15) is 5.10 Å². The normalized spacial score (nSPS) is 38.9. The average Bonchev–Trinajstić information content (AvgIpc) is 2.79. The molecule has 1 aromatic heterocycles. The summed E-state index contributed by atoms with van der Waals surface area (Å²) in [7, 11) is 2.10. The number of aromatic nitrogens is 2. The maximum Gasteiger partial charge on any atom is 0.0834 e. The summed E-state index contributed by atoms with van der Waals surface area (Å²) in [5, 5.41) is 8.95. The molecule has 21 heavy (non-hydrogen) atoms. The Morgan fingerprint density at radius 1 is 1.29 bits per heavy atom. The summed E-state index contributed by atoms with van der Waals surface area (Å²) in [5.41, 5.74) is 1.64. The Labute approximate surface area is 132 Å². The second-order valence-electron chi connectivity index (χ2n) is 7.70. The molecule has 4 heteroatoms. The van der Waals surface area contributed by atoms with Crippen LogP contribution in [-0.4, -0.2) is 16.8 Å². The summed E-state index contributed by atoms with van der Waals surface area (Å²) < 4.78 is 2.10. The molecule has 1 N–H and O–H groups in total. The molecule has 4 fully saturated rings. The molecule has 4 aliphatic carbocycles. The molecule has 1 aromatic rings. The van der Waals surface area contributed by atoms with Crippen molar-refractivity contribution in [2.45, 2.75) is 58.0 Å². The number of nitrogens with zero attached hydrogens (tertiary/aromatic N) is 2. The van der Waals surface area contributed by atoms with Gasteiger partial charge in [0.1, 0.15) is 0 Å². The molecule has 116 valence electrons. The molecular weight excluding hydrogens is 282 g/mol. The minimum Gasteiger partial charge on any atom is -0.311 e. The molecule has 0 amide bonds. The monoisotopic (exact) mass is 307 g/mol. The van der Waals surface area contributed by atoms with Crippen molar-refractivity contribution in [3.8, 4) is 0 Å². The molecule has 0 saturated heterocycles. The Hall–Kier alpha value is -0.540. The van der Waals surface area contributed by atoms with E-state index < -0.39 is 0 Å². The molecule has 1 heterocycles. The SMILES string of the molecule is CCn1ncc(Cl)c1C(NC)C12CC3CC(CC(C3)C1)C2. The third-order valence-corrected chi connectivity index (χ3v) is 6.68. The molecule has 5 rings (SSSR count). The highest BCUT2D eigenvalue weighted by Gasteiger charge is 2.55. The zero-order valence-corrected chi connectivity index (χ0v) is 13.9. The molecule has 0 radical (unpaired) electrons. The first-order chi connectivity index (χ1) is 10.1. The Morgan fingerprint density at radius 2 is 1.86 bits per heavy atom. The predicted molar refractivity (Wildman–Crippen MR) is 85.3 cm³/mol. The molecule has 0 spiro atoms. The third kappa shape index (κ3) is 2.08. The lowest BCUT2D eigenvalue weighted by Crippen LogP contribution is -2.51. The fraction of sp³-hybridized carbons (Fsp3) is 0.824. The van der Waals surface area contributed by atoms with E-state index in [0.29, 0.717) is 11.5 Å².